The van der Waals surface area contributed by atoms with Gasteiger partial charge in [0.15, 0.2) is 5.78 Å². The average Bonchev–Trinajstić information content (AvgIpc) is 3.09. The van der Waals surface area contributed by atoms with Gasteiger partial charge in [0.25, 0.3) is 0 Å². The van der Waals surface area contributed by atoms with Crippen molar-refractivity contribution < 1.29 is 24.2 Å². The summed E-state index contributed by atoms with van der Waals surface area (Å²) < 4.78 is 5.56. The van der Waals surface area contributed by atoms with Gasteiger partial charge in [-0.2, -0.15) is 0 Å². The number of Topliss-reactive ketones (excluding diaryl/α,β-unsaturated/α-hetero) is 1. The van der Waals surface area contributed by atoms with Crippen LogP contribution in [0, 0.1) is 11.8 Å². The number of ketones is 1. The van der Waals surface area contributed by atoms with E-state index in [2.05, 4.69) is 29.6 Å². The molecule has 32 heavy (non-hydrogen) atoms. The van der Waals surface area contributed by atoms with Crippen molar-refractivity contribution in [2.45, 2.75) is 52.0 Å². The second kappa shape index (κ2) is 10.4. The zero-order valence-electron chi connectivity index (χ0n) is 18.8. The number of rotatable bonds is 10. The number of carbonyl (C=O) groups excluding carboxylic acids is 2. The van der Waals surface area contributed by atoms with E-state index in [1.807, 2.05) is 38.1 Å². The number of amides is 1. The van der Waals surface area contributed by atoms with E-state index in [-0.39, 0.29) is 30.6 Å². The number of nitrogens with one attached hydrogen (secondary N) is 1. The smallest absolute Gasteiger partial charge is 0.407 e. The average molecular weight is 438 g/mol. The molecule has 0 radical (unpaired) electrons. The number of aliphatic carboxylic acids is 1. The molecule has 2 unspecified atom stereocenters. The highest BCUT2D eigenvalue weighted by atomic mass is 16.5. The van der Waals surface area contributed by atoms with Crippen LogP contribution in [-0.4, -0.2) is 35.6 Å². The van der Waals surface area contributed by atoms with Gasteiger partial charge in [0, 0.05) is 12.3 Å². The molecule has 2 N–H and O–H groups in total. The lowest BCUT2D eigenvalue weighted by Crippen LogP contribution is -2.44. The molecule has 6 nitrogen and oxygen atoms in total. The maximum absolute atomic E-state index is 12.6. The first kappa shape index (κ1) is 23.5. The van der Waals surface area contributed by atoms with E-state index >= 15 is 0 Å². The van der Waals surface area contributed by atoms with Crippen molar-refractivity contribution in [2.75, 3.05) is 6.61 Å². The molecule has 1 amide bonds. The van der Waals surface area contributed by atoms with E-state index in [4.69, 9.17) is 9.84 Å². The van der Waals surface area contributed by atoms with Crippen molar-refractivity contribution in [3.63, 3.8) is 0 Å². The maximum atomic E-state index is 12.6. The molecule has 2 aromatic rings. The Morgan fingerprint density at radius 2 is 1.53 bits per heavy atom. The highest BCUT2D eigenvalue weighted by Crippen LogP contribution is 2.44. The molecule has 0 aliphatic heterocycles. The van der Waals surface area contributed by atoms with Crippen molar-refractivity contribution in [2.24, 2.45) is 11.8 Å². The van der Waals surface area contributed by atoms with Crippen molar-refractivity contribution >= 4 is 17.8 Å². The summed E-state index contributed by atoms with van der Waals surface area (Å²) >= 11 is 0. The van der Waals surface area contributed by atoms with Crippen LogP contribution in [0.15, 0.2) is 48.5 Å². The van der Waals surface area contributed by atoms with Crippen LogP contribution in [0.3, 0.4) is 0 Å². The van der Waals surface area contributed by atoms with Gasteiger partial charge in [0.05, 0.1) is 12.0 Å². The largest absolute Gasteiger partial charge is 0.481 e. The van der Waals surface area contributed by atoms with Gasteiger partial charge in [-0.3, -0.25) is 9.59 Å². The zero-order chi connectivity index (χ0) is 23.3. The number of alkyl carbamates (subject to hydrolysis) is 1. The molecule has 6 heteroatoms. The summed E-state index contributed by atoms with van der Waals surface area (Å²) in [4.78, 5) is 36.1. The van der Waals surface area contributed by atoms with Gasteiger partial charge in [-0.25, -0.2) is 4.79 Å². The Balaban J connectivity index is 1.58. The number of carboxylic acid groups (broad SMARTS) is 1. The summed E-state index contributed by atoms with van der Waals surface area (Å²) in [5, 5.41) is 11.7. The predicted octanol–water partition coefficient (Wildman–Crippen LogP) is 5.01. The number of hydrogen-bond donors (Lipinski definition) is 2. The molecule has 0 heterocycles. The molecule has 170 valence electrons. The first-order valence-electron chi connectivity index (χ1n) is 11.2. The van der Waals surface area contributed by atoms with Crippen LogP contribution < -0.4 is 5.32 Å². The summed E-state index contributed by atoms with van der Waals surface area (Å²) in [6, 6.07) is 15.6. The van der Waals surface area contributed by atoms with Crippen molar-refractivity contribution in [1.82, 2.24) is 5.32 Å². The van der Waals surface area contributed by atoms with E-state index in [0.29, 0.717) is 12.8 Å². The molecule has 1 aliphatic carbocycles. The molecular weight excluding hydrogens is 406 g/mol. The Hall–Kier alpha value is -3.15. The fourth-order valence-electron chi connectivity index (χ4n) is 4.25. The first-order valence-corrected chi connectivity index (χ1v) is 11.2. The molecule has 0 saturated carbocycles. The fourth-order valence-corrected chi connectivity index (χ4v) is 4.25. The molecule has 3 rings (SSSR count). The van der Waals surface area contributed by atoms with Crippen LogP contribution in [0.5, 0.6) is 0 Å². The van der Waals surface area contributed by atoms with Gasteiger partial charge in [-0.05, 0) is 41.0 Å². The predicted molar refractivity (Wildman–Crippen MR) is 122 cm³/mol. The number of carboxylic acids is 1. The van der Waals surface area contributed by atoms with E-state index < -0.39 is 24.0 Å². The molecule has 0 aromatic heterocycles. The number of carbonyl (C=O) groups is 3. The summed E-state index contributed by atoms with van der Waals surface area (Å²) in [6.07, 6.45) is 0.515. The summed E-state index contributed by atoms with van der Waals surface area (Å²) in [5.41, 5.74) is 4.57. The molecule has 1 aliphatic rings. The van der Waals surface area contributed by atoms with Crippen molar-refractivity contribution in [1.29, 1.82) is 0 Å². The Morgan fingerprint density at radius 3 is 2.06 bits per heavy atom. The summed E-state index contributed by atoms with van der Waals surface area (Å²) in [6.45, 7) is 5.55. The third kappa shape index (κ3) is 5.36. The first-order chi connectivity index (χ1) is 15.3. The second-order valence-electron chi connectivity index (χ2n) is 8.79. The molecule has 0 spiro atoms. The quantitative estimate of drug-likeness (QED) is 0.545. The van der Waals surface area contributed by atoms with Gasteiger partial charge in [-0.1, -0.05) is 69.3 Å². The lowest BCUT2D eigenvalue weighted by molar-refractivity contribution is -0.141. The number of ether oxygens (including phenoxy) is 1. The van der Waals surface area contributed by atoms with Crippen LogP contribution >= 0.6 is 0 Å². The van der Waals surface area contributed by atoms with Crippen LogP contribution in [0.25, 0.3) is 11.1 Å². The number of benzene rings is 2. The lowest BCUT2D eigenvalue weighted by Gasteiger charge is -2.22. The minimum Gasteiger partial charge on any atom is -0.481 e. The van der Waals surface area contributed by atoms with Gasteiger partial charge in [0.2, 0.25) is 0 Å². The number of hydrogen-bond acceptors (Lipinski definition) is 4. The van der Waals surface area contributed by atoms with E-state index in [9.17, 15) is 14.4 Å². The topological polar surface area (TPSA) is 92.7 Å². The third-order valence-electron chi connectivity index (χ3n) is 6.11. The minimum absolute atomic E-state index is 0.0427. The second-order valence-corrected chi connectivity index (χ2v) is 8.79. The molecular formula is C26H31NO5. The molecule has 2 aromatic carbocycles. The van der Waals surface area contributed by atoms with Gasteiger partial charge >= 0.3 is 12.1 Å². The molecule has 0 fully saturated rings. The van der Waals surface area contributed by atoms with E-state index in [1.54, 1.807) is 6.92 Å². The van der Waals surface area contributed by atoms with Crippen molar-refractivity contribution in [3.05, 3.63) is 59.7 Å². The lowest BCUT2D eigenvalue weighted by atomic mass is 9.95. The van der Waals surface area contributed by atoms with Crippen LogP contribution in [0.1, 0.15) is 57.1 Å². The van der Waals surface area contributed by atoms with E-state index in [0.717, 1.165) is 22.3 Å². The van der Waals surface area contributed by atoms with Crippen molar-refractivity contribution in [3.8, 4) is 11.1 Å². The number of fused-ring (bicyclic) bond motifs is 3. The van der Waals surface area contributed by atoms with Gasteiger partial charge in [0.1, 0.15) is 6.61 Å². The standard InChI is InChI=1S/C26H31NO5/c1-16(2)24(23(28)14-8-9-17(3)25(29)30)27-26(31)32-15-22-20-12-6-4-10-18(20)19-11-5-7-13-21(19)22/h4-7,10-13,16-17,22,24H,8-9,14-15H2,1-3H3,(H,27,31)(H,29,30). The maximum Gasteiger partial charge on any atom is 0.407 e. The normalized spacial score (nSPS) is 14.4. The van der Waals surface area contributed by atoms with Crippen LogP contribution in [-0.2, 0) is 14.3 Å². The van der Waals surface area contributed by atoms with Crippen LogP contribution in [0.4, 0.5) is 4.79 Å². The molecule has 2 atom stereocenters. The van der Waals surface area contributed by atoms with Gasteiger partial charge in [-0.15, -0.1) is 0 Å². The highest BCUT2D eigenvalue weighted by molar-refractivity contribution is 5.87. The highest BCUT2D eigenvalue weighted by Gasteiger charge is 2.30. The SMILES string of the molecule is CC(CCCC(=O)C(NC(=O)OCC1c2ccccc2-c2ccccc21)C(C)C)C(=O)O. The molecule has 0 bridgehead atoms. The summed E-state index contributed by atoms with van der Waals surface area (Å²) in [7, 11) is 0. The Kier molecular flexibility index (Phi) is 7.67. The Bertz CT molecular complexity index is 938. The monoisotopic (exact) mass is 437 g/mol. The minimum atomic E-state index is -0.866. The van der Waals surface area contributed by atoms with Gasteiger partial charge < -0.3 is 15.2 Å². The Labute approximate surface area is 189 Å². The van der Waals surface area contributed by atoms with E-state index in [1.165, 1.54) is 0 Å². The Morgan fingerprint density at radius 1 is 0.969 bits per heavy atom. The fraction of sp³-hybridized carbons (Fsp3) is 0.423. The zero-order valence-corrected chi connectivity index (χ0v) is 18.8. The summed E-state index contributed by atoms with van der Waals surface area (Å²) in [5.74, 6) is -1.60. The molecule has 0 saturated heterocycles. The third-order valence-corrected chi connectivity index (χ3v) is 6.11. The van der Waals surface area contributed by atoms with Crippen LogP contribution in [0.2, 0.25) is 0 Å².